The predicted molar refractivity (Wildman–Crippen MR) is 40.1 cm³/mol. The van der Waals surface area contributed by atoms with Crippen LogP contribution in [0.2, 0.25) is 0 Å². The van der Waals surface area contributed by atoms with E-state index < -0.39 is 0 Å². The van der Waals surface area contributed by atoms with Gasteiger partial charge in [0.15, 0.2) is 0 Å². The summed E-state index contributed by atoms with van der Waals surface area (Å²) in [5.41, 5.74) is 2.90. The van der Waals surface area contributed by atoms with Crippen molar-refractivity contribution in [1.82, 2.24) is 5.32 Å². The highest BCUT2D eigenvalue weighted by Gasteiger charge is 1.95. The molecule has 1 rings (SSSR count). The van der Waals surface area contributed by atoms with Gasteiger partial charge >= 0.3 is 0 Å². The van der Waals surface area contributed by atoms with E-state index in [9.17, 15) is 0 Å². The fourth-order valence-corrected chi connectivity index (χ4v) is 0.866. The molecule has 1 heteroatoms. The topological polar surface area (TPSA) is 12.0 Å². The molecule has 0 atom stereocenters. The zero-order valence-electron chi connectivity index (χ0n) is 6.07. The molecule has 0 bridgehead atoms. The van der Waals surface area contributed by atoms with E-state index in [1.165, 1.54) is 17.6 Å². The lowest BCUT2D eigenvalue weighted by Crippen LogP contribution is -2.04. The summed E-state index contributed by atoms with van der Waals surface area (Å²) in [6.07, 6.45) is 5.33. The maximum absolute atomic E-state index is 3.19. The van der Waals surface area contributed by atoms with Gasteiger partial charge in [0, 0.05) is 6.54 Å². The monoisotopic (exact) mass is 123 g/mol. The Bertz CT molecular complexity index is 154. The van der Waals surface area contributed by atoms with Gasteiger partial charge in [0.25, 0.3) is 0 Å². The molecule has 0 fully saturated rings. The first kappa shape index (κ1) is 6.40. The maximum atomic E-state index is 3.19. The van der Waals surface area contributed by atoms with Crippen molar-refractivity contribution in [1.29, 1.82) is 0 Å². The van der Waals surface area contributed by atoms with E-state index in [0.717, 1.165) is 6.54 Å². The molecule has 1 aliphatic heterocycles. The summed E-state index contributed by atoms with van der Waals surface area (Å²) >= 11 is 0. The number of rotatable bonds is 0. The van der Waals surface area contributed by atoms with Crippen molar-refractivity contribution in [2.75, 3.05) is 6.54 Å². The molecule has 0 saturated heterocycles. The van der Waals surface area contributed by atoms with Gasteiger partial charge in [-0.1, -0.05) is 11.1 Å². The molecule has 0 aromatic carbocycles. The third-order valence-corrected chi connectivity index (χ3v) is 1.77. The van der Waals surface area contributed by atoms with Gasteiger partial charge in [0.1, 0.15) is 0 Å². The third-order valence-electron chi connectivity index (χ3n) is 1.77. The molecule has 0 aromatic heterocycles. The van der Waals surface area contributed by atoms with E-state index in [1.54, 1.807) is 0 Å². The molecule has 0 saturated carbocycles. The Morgan fingerprint density at radius 3 is 3.00 bits per heavy atom. The van der Waals surface area contributed by atoms with Crippen LogP contribution in [-0.4, -0.2) is 6.54 Å². The zero-order valence-corrected chi connectivity index (χ0v) is 6.07. The lowest BCUT2D eigenvalue weighted by Gasteiger charge is -1.98. The Labute approximate surface area is 56.5 Å². The van der Waals surface area contributed by atoms with E-state index in [4.69, 9.17) is 0 Å². The van der Waals surface area contributed by atoms with Crippen LogP contribution in [0.1, 0.15) is 20.3 Å². The van der Waals surface area contributed by atoms with Crippen LogP contribution in [0.15, 0.2) is 23.4 Å². The Kier molecular flexibility index (Phi) is 1.93. The molecule has 0 radical (unpaired) electrons. The summed E-state index contributed by atoms with van der Waals surface area (Å²) in [7, 11) is 0. The first-order chi connectivity index (χ1) is 4.30. The summed E-state index contributed by atoms with van der Waals surface area (Å²) in [6.45, 7) is 5.42. The molecule has 1 aliphatic rings. The number of allylic oxidation sites excluding steroid dienone is 2. The van der Waals surface area contributed by atoms with Crippen LogP contribution in [0.4, 0.5) is 0 Å². The van der Waals surface area contributed by atoms with Crippen LogP contribution < -0.4 is 5.32 Å². The van der Waals surface area contributed by atoms with Crippen molar-refractivity contribution >= 4 is 0 Å². The highest BCUT2D eigenvalue weighted by Crippen LogP contribution is 2.09. The van der Waals surface area contributed by atoms with E-state index in [0.29, 0.717) is 0 Å². The Morgan fingerprint density at radius 1 is 1.44 bits per heavy atom. The van der Waals surface area contributed by atoms with Crippen molar-refractivity contribution in [2.45, 2.75) is 20.3 Å². The molecule has 0 amide bonds. The highest BCUT2D eigenvalue weighted by atomic mass is 14.8. The van der Waals surface area contributed by atoms with Gasteiger partial charge in [-0.25, -0.2) is 0 Å². The molecule has 0 aromatic rings. The van der Waals surface area contributed by atoms with E-state index in [2.05, 4.69) is 25.2 Å². The van der Waals surface area contributed by atoms with Crippen molar-refractivity contribution in [3.05, 3.63) is 23.4 Å². The first-order valence-corrected chi connectivity index (χ1v) is 3.37. The molecule has 50 valence electrons. The van der Waals surface area contributed by atoms with Crippen LogP contribution in [0.3, 0.4) is 0 Å². The Balaban J connectivity index is 2.72. The van der Waals surface area contributed by atoms with Crippen molar-refractivity contribution in [3.63, 3.8) is 0 Å². The standard InChI is InChI=1S/C8H13N/c1-7-3-5-9-6-4-8(7)2/h3,5,9H,4,6H2,1-2H3. The molecular formula is C8H13N. The van der Waals surface area contributed by atoms with Gasteiger partial charge in [-0.15, -0.1) is 0 Å². The lowest BCUT2D eigenvalue weighted by atomic mass is 10.1. The molecule has 1 heterocycles. The average Bonchev–Trinajstić information content (AvgIpc) is 1.99. The quantitative estimate of drug-likeness (QED) is 0.518. The van der Waals surface area contributed by atoms with E-state index >= 15 is 0 Å². The van der Waals surface area contributed by atoms with E-state index in [-0.39, 0.29) is 0 Å². The maximum Gasteiger partial charge on any atom is 0.0178 e. The molecule has 0 aliphatic carbocycles. The van der Waals surface area contributed by atoms with Gasteiger partial charge < -0.3 is 5.32 Å². The van der Waals surface area contributed by atoms with Gasteiger partial charge in [-0.05, 0) is 32.5 Å². The minimum Gasteiger partial charge on any atom is -0.391 e. The number of hydrogen-bond acceptors (Lipinski definition) is 1. The summed E-state index contributed by atoms with van der Waals surface area (Å²) in [4.78, 5) is 0. The van der Waals surface area contributed by atoms with Gasteiger partial charge in [-0.3, -0.25) is 0 Å². The van der Waals surface area contributed by atoms with Crippen molar-refractivity contribution < 1.29 is 0 Å². The van der Waals surface area contributed by atoms with Gasteiger partial charge in [0.2, 0.25) is 0 Å². The Morgan fingerprint density at radius 2 is 2.22 bits per heavy atom. The van der Waals surface area contributed by atoms with Crippen molar-refractivity contribution in [2.24, 2.45) is 0 Å². The van der Waals surface area contributed by atoms with Crippen LogP contribution in [0, 0.1) is 0 Å². The van der Waals surface area contributed by atoms with Crippen LogP contribution in [0.25, 0.3) is 0 Å². The fraction of sp³-hybridized carbons (Fsp3) is 0.500. The summed E-state index contributed by atoms with van der Waals surface area (Å²) in [5.74, 6) is 0. The molecule has 9 heavy (non-hydrogen) atoms. The first-order valence-electron chi connectivity index (χ1n) is 3.37. The van der Waals surface area contributed by atoms with Crippen molar-refractivity contribution in [3.8, 4) is 0 Å². The third kappa shape index (κ3) is 1.60. The second-order valence-corrected chi connectivity index (χ2v) is 2.50. The zero-order chi connectivity index (χ0) is 6.69. The summed E-state index contributed by atoms with van der Waals surface area (Å²) in [5, 5.41) is 3.19. The normalized spacial score (nSPS) is 19.3. The lowest BCUT2D eigenvalue weighted by molar-refractivity contribution is 0.831. The fourth-order valence-electron chi connectivity index (χ4n) is 0.866. The van der Waals surface area contributed by atoms with Crippen LogP contribution in [0.5, 0.6) is 0 Å². The number of nitrogens with one attached hydrogen (secondary N) is 1. The second kappa shape index (κ2) is 2.72. The smallest absolute Gasteiger partial charge is 0.0178 e. The van der Waals surface area contributed by atoms with Crippen LogP contribution in [-0.2, 0) is 0 Å². The molecule has 1 nitrogen and oxygen atoms in total. The average molecular weight is 123 g/mol. The van der Waals surface area contributed by atoms with Gasteiger partial charge in [0.05, 0.1) is 0 Å². The van der Waals surface area contributed by atoms with E-state index in [1.807, 2.05) is 6.20 Å². The highest BCUT2D eigenvalue weighted by molar-refractivity contribution is 5.23. The minimum atomic E-state index is 1.08. The molecule has 0 unspecified atom stereocenters. The summed E-state index contributed by atoms with van der Waals surface area (Å²) in [6, 6.07) is 0. The molecule has 0 spiro atoms. The largest absolute Gasteiger partial charge is 0.391 e. The number of hydrogen-bond donors (Lipinski definition) is 1. The molecule has 1 N–H and O–H groups in total. The SMILES string of the molecule is CC1=C(C)CCNC=C1. The van der Waals surface area contributed by atoms with Crippen LogP contribution >= 0.6 is 0 Å². The van der Waals surface area contributed by atoms with Gasteiger partial charge in [-0.2, -0.15) is 0 Å². The second-order valence-electron chi connectivity index (χ2n) is 2.50. The molecular weight excluding hydrogens is 110 g/mol. The Hall–Kier alpha value is -0.720. The minimum absolute atomic E-state index is 1.08. The predicted octanol–water partition coefficient (Wildman–Crippen LogP) is 1.83. The summed E-state index contributed by atoms with van der Waals surface area (Å²) < 4.78 is 0.